The first-order valence-electron chi connectivity index (χ1n) is 6.49. The van der Waals surface area contributed by atoms with Gasteiger partial charge in [0.05, 0.1) is 6.61 Å². The van der Waals surface area contributed by atoms with E-state index in [-0.39, 0.29) is 6.04 Å². The Morgan fingerprint density at radius 1 is 1.33 bits per heavy atom. The van der Waals surface area contributed by atoms with Crippen LogP contribution in [-0.2, 0) is 4.79 Å². The Kier molecular flexibility index (Phi) is 5.91. The number of nitrogens with one attached hydrogen (secondary N) is 2. The summed E-state index contributed by atoms with van der Waals surface area (Å²) >= 11 is 0. The van der Waals surface area contributed by atoms with E-state index < -0.39 is 24.6 Å². The van der Waals surface area contributed by atoms with Gasteiger partial charge in [-0.1, -0.05) is 26.2 Å². The van der Waals surface area contributed by atoms with Gasteiger partial charge in [-0.2, -0.15) is 0 Å². The molecule has 0 aromatic heterocycles. The number of aliphatic hydroxyl groups is 1. The minimum Gasteiger partial charge on any atom is -0.480 e. The number of aliphatic hydroxyl groups excluding tert-OH is 1. The highest BCUT2D eigenvalue weighted by atomic mass is 16.4. The van der Waals surface area contributed by atoms with Gasteiger partial charge in [-0.25, -0.2) is 9.59 Å². The predicted octanol–water partition coefficient (Wildman–Crippen LogP) is 0.700. The van der Waals surface area contributed by atoms with Crippen molar-refractivity contribution in [2.75, 3.05) is 6.61 Å². The highest BCUT2D eigenvalue weighted by Gasteiger charge is 2.26. The van der Waals surface area contributed by atoms with E-state index in [4.69, 9.17) is 10.2 Å². The van der Waals surface area contributed by atoms with E-state index in [9.17, 15) is 9.59 Å². The van der Waals surface area contributed by atoms with E-state index in [1.165, 1.54) is 6.42 Å². The molecule has 0 aliphatic heterocycles. The Balaban J connectivity index is 2.45. The van der Waals surface area contributed by atoms with E-state index >= 15 is 0 Å². The number of amides is 2. The normalized spacial score (nSPS) is 25.2. The Labute approximate surface area is 107 Å². The second kappa shape index (κ2) is 7.20. The van der Waals surface area contributed by atoms with Gasteiger partial charge < -0.3 is 20.8 Å². The minimum absolute atomic E-state index is 0.108. The van der Waals surface area contributed by atoms with Crippen molar-refractivity contribution in [2.24, 2.45) is 5.92 Å². The molecule has 4 N–H and O–H groups in total. The molecule has 6 nitrogen and oxygen atoms in total. The number of aliphatic carboxylic acids is 1. The maximum Gasteiger partial charge on any atom is 0.328 e. The molecule has 0 radical (unpaired) electrons. The average Bonchev–Trinajstić information content (AvgIpc) is 2.36. The molecule has 3 atom stereocenters. The smallest absolute Gasteiger partial charge is 0.328 e. The molecule has 6 heteroatoms. The lowest BCUT2D eigenvalue weighted by Gasteiger charge is -2.31. The van der Waals surface area contributed by atoms with Crippen molar-refractivity contribution in [1.29, 1.82) is 0 Å². The molecule has 1 saturated carbocycles. The molecule has 0 bridgehead atoms. The first-order chi connectivity index (χ1) is 8.58. The van der Waals surface area contributed by atoms with Gasteiger partial charge in [0, 0.05) is 6.04 Å². The van der Waals surface area contributed by atoms with Crippen LogP contribution >= 0.6 is 0 Å². The topological polar surface area (TPSA) is 98.7 Å². The molecular formula is C12H22N2O4. The van der Waals surface area contributed by atoms with Crippen molar-refractivity contribution in [2.45, 2.75) is 51.1 Å². The summed E-state index contributed by atoms with van der Waals surface area (Å²) < 4.78 is 0. The van der Waals surface area contributed by atoms with Crippen molar-refractivity contribution >= 4 is 12.0 Å². The number of carboxylic acid groups (broad SMARTS) is 1. The molecule has 1 fully saturated rings. The van der Waals surface area contributed by atoms with Crippen molar-refractivity contribution in [3.63, 3.8) is 0 Å². The molecule has 0 spiro atoms. The van der Waals surface area contributed by atoms with Crippen LogP contribution < -0.4 is 10.6 Å². The van der Waals surface area contributed by atoms with Crippen LogP contribution in [0, 0.1) is 5.92 Å². The Morgan fingerprint density at radius 3 is 2.56 bits per heavy atom. The van der Waals surface area contributed by atoms with Crippen LogP contribution in [0.2, 0.25) is 0 Å². The molecule has 18 heavy (non-hydrogen) atoms. The van der Waals surface area contributed by atoms with Gasteiger partial charge in [0.15, 0.2) is 6.04 Å². The average molecular weight is 258 g/mol. The van der Waals surface area contributed by atoms with E-state index in [1.54, 1.807) is 0 Å². The number of carboxylic acids is 1. The van der Waals surface area contributed by atoms with Gasteiger partial charge in [0.25, 0.3) is 0 Å². The molecule has 0 heterocycles. The number of rotatable bonds is 5. The largest absolute Gasteiger partial charge is 0.480 e. The van der Waals surface area contributed by atoms with Crippen LogP contribution in [0.15, 0.2) is 0 Å². The highest BCUT2D eigenvalue weighted by Crippen LogP contribution is 2.26. The summed E-state index contributed by atoms with van der Waals surface area (Å²) in [5.74, 6) is -0.773. The number of hydrogen-bond donors (Lipinski definition) is 4. The molecule has 0 aromatic rings. The number of carbonyl (C=O) groups is 2. The summed E-state index contributed by atoms with van der Waals surface area (Å²) in [5, 5.41) is 22.6. The van der Waals surface area contributed by atoms with Crippen molar-refractivity contribution in [3.8, 4) is 0 Å². The Bertz CT molecular complexity index is 296. The molecule has 104 valence electrons. The van der Waals surface area contributed by atoms with Crippen LogP contribution in [0.5, 0.6) is 0 Å². The first-order valence-corrected chi connectivity index (χ1v) is 6.49. The zero-order valence-electron chi connectivity index (χ0n) is 10.7. The maximum absolute atomic E-state index is 11.6. The monoisotopic (exact) mass is 258 g/mol. The van der Waals surface area contributed by atoms with E-state index in [1.807, 2.05) is 0 Å². The van der Waals surface area contributed by atoms with Gasteiger partial charge in [-0.05, 0) is 18.8 Å². The molecule has 2 amide bonds. The van der Waals surface area contributed by atoms with E-state index in [0.717, 1.165) is 25.7 Å². The third-order valence-electron chi connectivity index (χ3n) is 3.54. The van der Waals surface area contributed by atoms with Gasteiger partial charge in [-0.15, -0.1) is 0 Å². The summed E-state index contributed by atoms with van der Waals surface area (Å²) in [6.07, 6.45) is 5.32. The minimum atomic E-state index is -1.24. The fourth-order valence-corrected chi connectivity index (χ4v) is 2.44. The van der Waals surface area contributed by atoms with Gasteiger partial charge in [-0.3, -0.25) is 0 Å². The molecule has 2 unspecified atom stereocenters. The van der Waals surface area contributed by atoms with Crippen LogP contribution in [0.4, 0.5) is 4.79 Å². The second-order valence-corrected chi connectivity index (χ2v) is 4.75. The first kappa shape index (κ1) is 14.8. The Morgan fingerprint density at radius 2 is 2.00 bits per heavy atom. The number of carbonyl (C=O) groups excluding carboxylic acids is 1. The summed E-state index contributed by atoms with van der Waals surface area (Å²) in [4.78, 5) is 22.3. The van der Waals surface area contributed by atoms with Crippen LogP contribution in [0.25, 0.3) is 0 Å². The van der Waals surface area contributed by atoms with Gasteiger partial charge in [0.1, 0.15) is 0 Å². The van der Waals surface area contributed by atoms with Crippen molar-refractivity contribution in [1.82, 2.24) is 10.6 Å². The maximum atomic E-state index is 11.6. The lowest BCUT2D eigenvalue weighted by molar-refractivity contribution is -0.140. The summed E-state index contributed by atoms with van der Waals surface area (Å²) in [6.45, 7) is 1.49. The number of urea groups is 1. The zero-order chi connectivity index (χ0) is 13.5. The van der Waals surface area contributed by atoms with Crippen molar-refractivity contribution in [3.05, 3.63) is 0 Å². The standard InChI is InChI=1S/C12H22N2O4/c1-2-8-5-3-4-6-9(8)13-12(18)14-10(7-15)11(16)17/h8-10,15H,2-7H2,1H3,(H,16,17)(H2,13,14,18)/t8?,9?,10-/m1/s1. The summed E-state index contributed by atoms with van der Waals surface area (Å²) in [5.41, 5.74) is 0. The zero-order valence-corrected chi connectivity index (χ0v) is 10.7. The Hall–Kier alpha value is -1.30. The highest BCUT2D eigenvalue weighted by molar-refractivity contribution is 5.82. The SMILES string of the molecule is CCC1CCCCC1NC(=O)N[C@H](CO)C(=O)O. The summed E-state index contributed by atoms with van der Waals surface area (Å²) in [6, 6.07) is -1.65. The quantitative estimate of drug-likeness (QED) is 0.583. The molecule has 1 aliphatic carbocycles. The third-order valence-corrected chi connectivity index (χ3v) is 3.54. The van der Waals surface area contributed by atoms with E-state index in [2.05, 4.69) is 17.6 Å². The molecule has 1 aliphatic rings. The molecule has 1 rings (SSSR count). The summed E-state index contributed by atoms with van der Waals surface area (Å²) in [7, 11) is 0. The van der Waals surface area contributed by atoms with E-state index in [0.29, 0.717) is 5.92 Å². The molecule has 0 saturated heterocycles. The van der Waals surface area contributed by atoms with Gasteiger partial charge >= 0.3 is 12.0 Å². The fourth-order valence-electron chi connectivity index (χ4n) is 2.44. The number of hydrogen-bond acceptors (Lipinski definition) is 3. The molecule has 0 aromatic carbocycles. The second-order valence-electron chi connectivity index (χ2n) is 4.75. The van der Waals surface area contributed by atoms with Crippen LogP contribution in [0.1, 0.15) is 39.0 Å². The fraction of sp³-hybridized carbons (Fsp3) is 0.833. The third kappa shape index (κ3) is 4.18. The van der Waals surface area contributed by atoms with Crippen molar-refractivity contribution < 1.29 is 19.8 Å². The van der Waals surface area contributed by atoms with Gasteiger partial charge in [0.2, 0.25) is 0 Å². The van der Waals surface area contributed by atoms with Crippen LogP contribution in [0.3, 0.4) is 0 Å². The molecular weight excluding hydrogens is 236 g/mol. The lowest BCUT2D eigenvalue weighted by Crippen LogP contribution is -2.52. The lowest BCUT2D eigenvalue weighted by atomic mass is 9.83. The predicted molar refractivity (Wildman–Crippen MR) is 66.2 cm³/mol. The van der Waals surface area contributed by atoms with Crippen LogP contribution in [-0.4, -0.2) is 40.9 Å².